The molecule has 0 aliphatic heterocycles. The molecule has 0 aliphatic rings. The molecule has 0 saturated carbocycles. The number of hydrogen-bond acceptors (Lipinski definition) is 10. The number of aromatic nitrogens is 14. The zero-order valence-electron chi connectivity index (χ0n) is 59.2. The van der Waals surface area contributed by atoms with Gasteiger partial charge in [-0.2, -0.15) is 34.3 Å². The molecule has 544 valence electrons. The van der Waals surface area contributed by atoms with Gasteiger partial charge in [-0.25, -0.2) is 64.1 Å². The van der Waals surface area contributed by atoms with Crippen LogP contribution in [0.15, 0.2) is 195 Å². The lowest BCUT2D eigenvalue weighted by atomic mass is 9.55. The van der Waals surface area contributed by atoms with Gasteiger partial charge in [0.25, 0.3) is 0 Å². The Morgan fingerprint density at radius 1 is 0.544 bits per heavy atom. The van der Waals surface area contributed by atoms with Crippen LogP contribution in [-0.4, -0.2) is 86.9 Å². The van der Waals surface area contributed by atoms with Gasteiger partial charge in [-0.1, -0.05) is 148 Å². The van der Waals surface area contributed by atoms with E-state index in [9.17, 15) is 35.5 Å². The summed E-state index contributed by atoms with van der Waals surface area (Å²) in [6.07, 6.45) is 11.9. The molecule has 0 saturated heterocycles. The second kappa shape index (κ2) is 30.1. The van der Waals surface area contributed by atoms with Crippen LogP contribution in [0.4, 0.5) is 43.9 Å². The average molecular weight is 1450 g/mol. The molecule has 5 heterocycles. The number of halogens is 11. The van der Waals surface area contributed by atoms with Crippen LogP contribution >= 0.6 is 11.6 Å². The summed E-state index contributed by atoms with van der Waals surface area (Å²) in [5.41, 5.74) is 0.485. The van der Waals surface area contributed by atoms with E-state index in [2.05, 4.69) is 99.0 Å². The molecule has 11 aromatic rings. The van der Waals surface area contributed by atoms with Crippen molar-refractivity contribution in [3.8, 4) is 22.7 Å². The van der Waals surface area contributed by atoms with Crippen LogP contribution in [0.25, 0.3) is 22.5 Å². The SMILES string of the molecule is C=C(c1ccccc1Cl)[C@](Cn1cncn1)(c1ccc(F)cc1F)C(C)(C)C.C[C@@H](c1ccc(-c2ccnn2C)cc1)[C@](Cn1cncn1)(c1ccc(F)cc1F)C(C)(C)C.C[C@@H](n1ncn(-c2ccc(OCC(F)(F)C(C)(F)F)cc2)c1=O)[C@](Cn1cncn1)(c1ccc(F)cc1F)C(C)(C)C. The Labute approximate surface area is 595 Å². The highest BCUT2D eigenvalue weighted by molar-refractivity contribution is 6.32. The first-order valence-electron chi connectivity index (χ1n) is 32.8. The molecule has 11 rings (SSSR count). The number of rotatable bonds is 21. The van der Waals surface area contributed by atoms with Gasteiger partial charge in [-0.15, -0.1) is 0 Å². The third-order valence-electron chi connectivity index (χ3n) is 19.7. The van der Waals surface area contributed by atoms with Gasteiger partial charge in [0, 0.05) is 65.2 Å². The highest BCUT2D eigenvalue weighted by Crippen LogP contribution is 2.56. The Morgan fingerprint density at radius 2 is 1.02 bits per heavy atom. The van der Waals surface area contributed by atoms with E-state index in [-0.39, 0.29) is 42.9 Å². The third kappa shape index (κ3) is 15.8. The molecule has 5 aromatic heterocycles. The van der Waals surface area contributed by atoms with E-state index in [1.165, 1.54) is 94.1 Å². The number of benzene rings is 6. The van der Waals surface area contributed by atoms with Gasteiger partial charge in [0.1, 0.15) is 84.9 Å². The molecule has 16 nitrogen and oxygen atoms in total. The van der Waals surface area contributed by atoms with Crippen LogP contribution in [0.5, 0.6) is 5.75 Å². The zero-order valence-corrected chi connectivity index (χ0v) is 60.0. The Bertz CT molecular complexity index is 4730. The topological polar surface area (TPSA) is 159 Å². The predicted molar refractivity (Wildman–Crippen MR) is 374 cm³/mol. The molecule has 0 fully saturated rings. The summed E-state index contributed by atoms with van der Waals surface area (Å²) in [4.78, 5) is 25.7. The maximum Gasteiger partial charge on any atom is 0.350 e. The number of aryl methyl sites for hydroxylation is 1. The first kappa shape index (κ1) is 77.2. The Balaban J connectivity index is 0.000000183. The van der Waals surface area contributed by atoms with E-state index < -0.39 is 97.6 Å². The van der Waals surface area contributed by atoms with Crippen molar-refractivity contribution in [1.82, 2.24) is 68.4 Å². The van der Waals surface area contributed by atoms with Gasteiger partial charge in [-0.05, 0) is 117 Å². The Morgan fingerprint density at radius 3 is 1.46 bits per heavy atom. The standard InChI is InChI=1S/C28H30F6N6O2.C26H29F2N5.C22H22ClF2N3/c1-18(27(25(2,3)4,13-38-16-35-15-36-38)22-11-6-19(29)12-23(22)30)40-24(41)39(17-37-40)20-7-9-21(10-8-20)42-14-28(33,34)26(5,31)32;1-18(19-6-8-20(9-7-19)24-12-13-30-32(24)5)26(25(2,3)4,15-33-17-29-16-31-33)22-11-10-21(27)14-23(22)28;1-15(17-7-5-6-8-19(17)23)22(21(2,3)4,12-28-14-26-13-27-28)18-10-9-16(24)11-20(18)25/h6-12,15-18H,13-14H2,1-5H3;6-14,16-18H,15H2,1-5H3;5-11,13-14H,1,12H2,2-4H3/t18-,27-;18-,26+;22-/m101/s1. The summed E-state index contributed by atoms with van der Waals surface area (Å²) in [6.45, 7) is 25.3. The summed E-state index contributed by atoms with van der Waals surface area (Å²) >= 11 is 6.46. The second-order valence-electron chi connectivity index (χ2n) is 28.7. The van der Waals surface area contributed by atoms with Crippen molar-refractivity contribution in [3.05, 3.63) is 269 Å². The highest BCUT2D eigenvalue weighted by Gasteiger charge is 2.55. The molecule has 0 aliphatic carbocycles. The van der Waals surface area contributed by atoms with E-state index in [4.69, 9.17) is 16.3 Å². The molecule has 0 amide bonds. The summed E-state index contributed by atoms with van der Waals surface area (Å²) < 4.78 is 155. The van der Waals surface area contributed by atoms with Crippen LogP contribution in [0.3, 0.4) is 0 Å². The van der Waals surface area contributed by atoms with Crippen LogP contribution in [-0.2, 0) is 42.9 Å². The van der Waals surface area contributed by atoms with Crippen LogP contribution in [0, 0.1) is 51.1 Å². The quantitative estimate of drug-likeness (QED) is 0.0634. The maximum absolute atomic E-state index is 15.5. The lowest BCUT2D eigenvalue weighted by Gasteiger charge is -2.50. The second-order valence-corrected chi connectivity index (χ2v) is 29.1. The summed E-state index contributed by atoms with van der Waals surface area (Å²) in [7, 11) is 1.91. The molecule has 0 spiro atoms. The smallest absolute Gasteiger partial charge is 0.350 e. The molecule has 27 heteroatoms. The lowest BCUT2D eigenvalue weighted by Crippen LogP contribution is -2.52. The first-order chi connectivity index (χ1) is 48.3. The average Bonchev–Trinajstić information content (AvgIpc) is 1.60. The lowest BCUT2D eigenvalue weighted by molar-refractivity contribution is -0.211. The Hall–Kier alpha value is -9.98. The summed E-state index contributed by atoms with van der Waals surface area (Å²) in [5, 5.41) is 21.8. The minimum Gasteiger partial charge on any atom is -0.487 e. The molecule has 103 heavy (non-hydrogen) atoms. The zero-order chi connectivity index (χ0) is 75.4. The molecular formula is C76H81ClF10N14O2. The van der Waals surface area contributed by atoms with Crippen molar-refractivity contribution in [2.45, 2.75) is 143 Å². The number of alkyl halides is 4. The fourth-order valence-electron chi connectivity index (χ4n) is 13.9. The minimum absolute atomic E-state index is 0.0625. The highest BCUT2D eigenvalue weighted by atomic mass is 35.5. The normalized spacial score (nSPS) is 14.6. The van der Waals surface area contributed by atoms with Crippen LogP contribution < -0.4 is 10.4 Å². The molecule has 0 bridgehead atoms. The number of ether oxygens (including phenoxy) is 1. The minimum atomic E-state index is -4.38. The third-order valence-corrected chi connectivity index (χ3v) is 20.1. The fourth-order valence-corrected chi connectivity index (χ4v) is 14.2. The monoisotopic (exact) mass is 1450 g/mol. The first-order valence-corrected chi connectivity index (χ1v) is 33.2. The maximum atomic E-state index is 15.5. The van der Waals surface area contributed by atoms with Crippen molar-refractivity contribution < 1.29 is 48.6 Å². The van der Waals surface area contributed by atoms with Gasteiger partial charge in [0.05, 0.1) is 37.1 Å². The van der Waals surface area contributed by atoms with Crippen LogP contribution in [0.1, 0.15) is 123 Å². The molecule has 0 N–H and O–H groups in total. The van der Waals surface area contributed by atoms with E-state index in [0.29, 0.717) is 33.8 Å². The molecule has 5 atom stereocenters. The van der Waals surface area contributed by atoms with Crippen molar-refractivity contribution in [2.24, 2.45) is 23.3 Å². The molecule has 0 radical (unpaired) electrons. The van der Waals surface area contributed by atoms with Crippen molar-refractivity contribution in [2.75, 3.05) is 6.61 Å². The number of nitrogens with zero attached hydrogens (tertiary/aromatic N) is 14. The fraction of sp³-hybridized carbons (Fsp3) is 0.355. The van der Waals surface area contributed by atoms with Gasteiger partial charge in [0.15, 0.2) is 6.61 Å². The van der Waals surface area contributed by atoms with Crippen LogP contribution in [0.2, 0.25) is 5.02 Å². The molecular weight excluding hydrogens is 1370 g/mol. The van der Waals surface area contributed by atoms with Gasteiger partial charge in [-0.3, -0.25) is 18.7 Å². The van der Waals surface area contributed by atoms with E-state index in [1.807, 2.05) is 77.5 Å². The number of hydrogen-bond donors (Lipinski definition) is 0. The van der Waals surface area contributed by atoms with Gasteiger partial charge < -0.3 is 4.74 Å². The van der Waals surface area contributed by atoms with Crippen molar-refractivity contribution in [1.29, 1.82) is 0 Å². The van der Waals surface area contributed by atoms with E-state index in [0.717, 1.165) is 41.1 Å². The summed E-state index contributed by atoms with van der Waals surface area (Å²) in [6, 6.07) is 32.8. The Kier molecular flexibility index (Phi) is 22.6. The summed E-state index contributed by atoms with van der Waals surface area (Å²) in [5.74, 6) is -12.8. The van der Waals surface area contributed by atoms with E-state index >= 15 is 13.2 Å². The van der Waals surface area contributed by atoms with Crippen molar-refractivity contribution >= 4 is 17.2 Å². The van der Waals surface area contributed by atoms with Crippen molar-refractivity contribution in [3.63, 3.8) is 0 Å². The molecule has 6 aromatic carbocycles. The molecule has 0 unspecified atom stereocenters. The number of allylic oxidation sites excluding steroid dienone is 1. The largest absolute Gasteiger partial charge is 0.487 e. The van der Waals surface area contributed by atoms with E-state index in [1.54, 1.807) is 47.3 Å². The van der Waals surface area contributed by atoms with Gasteiger partial charge >= 0.3 is 17.5 Å². The van der Waals surface area contributed by atoms with Gasteiger partial charge in [0.2, 0.25) is 0 Å². The predicted octanol–water partition coefficient (Wildman–Crippen LogP) is 17.5.